The van der Waals surface area contributed by atoms with E-state index in [4.69, 9.17) is 0 Å². The number of aliphatic hydroxyl groups excluding tert-OH is 1. The summed E-state index contributed by atoms with van der Waals surface area (Å²) in [5.74, 6) is 0.139. The average molecular weight is 293 g/mol. The zero-order valence-electron chi connectivity index (χ0n) is 11.6. The second kappa shape index (κ2) is 5.54. The normalized spacial score (nSPS) is 19.7. The molecular formula is C14H19N3O2S. The van der Waals surface area contributed by atoms with E-state index in [2.05, 4.69) is 14.8 Å². The standard InChI is InChI=1S/C14H19N3O2S/c1-10-7-17-11(9-20-14(17)15-10)4-5-13(19)16-6-2-3-12(18)8-16/h7,9,12,18H,2-6,8H2,1H3. The number of imidazole rings is 1. The van der Waals surface area contributed by atoms with E-state index in [1.54, 1.807) is 16.2 Å². The monoisotopic (exact) mass is 293 g/mol. The zero-order valence-corrected chi connectivity index (χ0v) is 12.4. The number of β-amino-alcohol motifs (C(OH)–C–C–N with tert-alkyl or cyclic N) is 1. The van der Waals surface area contributed by atoms with Gasteiger partial charge in [0.05, 0.1) is 11.8 Å². The highest BCUT2D eigenvalue weighted by molar-refractivity contribution is 7.15. The molecule has 1 aliphatic heterocycles. The average Bonchev–Trinajstić information content (AvgIpc) is 2.95. The fraction of sp³-hybridized carbons (Fsp3) is 0.571. The molecule has 108 valence electrons. The predicted octanol–water partition coefficient (Wildman–Crippen LogP) is 1.62. The summed E-state index contributed by atoms with van der Waals surface area (Å²) >= 11 is 1.61. The number of rotatable bonds is 3. The van der Waals surface area contributed by atoms with E-state index in [-0.39, 0.29) is 12.0 Å². The van der Waals surface area contributed by atoms with Crippen LogP contribution in [0, 0.1) is 6.92 Å². The van der Waals surface area contributed by atoms with Gasteiger partial charge in [0, 0.05) is 36.8 Å². The number of fused-ring (bicyclic) bond motifs is 1. The van der Waals surface area contributed by atoms with Crippen molar-refractivity contribution in [2.45, 2.75) is 38.7 Å². The molecule has 1 unspecified atom stereocenters. The number of aliphatic hydroxyl groups is 1. The van der Waals surface area contributed by atoms with E-state index in [0.29, 0.717) is 13.0 Å². The van der Waals surface area contributed by atoms with Gasteiger partial charge < -0.3 is 10.0 Å². The van der Waals surface area contributed by atoms with Gasteiger partial charge in [0.2, 0.25) is 5.91 Å². The quantitative estimate of drug-likeness (QED) is 0.935. The summed E-state index contributed by atoms with van der Waals surface area (Å²) in [5.41, 5.74) is 2.14. The van der Waals surface area contributed by atoms with Crippen LogP contribution in [0.5, 0.6) is 0 Å². The van der Waals surface area contributed by atoms with Crippen molar-refractivity contribution in [3.8, 4) is 0 Å². The van der Waals surface area contributed by atoms with Crippen LogP contribution in [0.25, 0.3) is 4.96 Å². The molecule has 1 saturated heterocycles. The lowest BCUT2D eigenvalue weighted by atomic mass is 10.1. The lowest BCUT2D eigenvalue weighted by molar-refractivity contribution is -0.134. The molecule has 0 radical (unpaired) electrons. The summed E-state index contributed by atoms with van der Waals surface area (Å²) in [5, 5.41) is 11.7. The Morgan fingerprint density at radius 2 is 2.45 bits per heavy atom. The van der Waals surface area contributed by atoms with Gasteiger partial charge in [-0.25, -0.2) is 4.98 Å². The summed E-state index contributed by atoms with van der Waals surface area (Å²) in [4.78, 5) is 19.4. The third-order valence-corrected chi connectivity index (χ3v) is 4.64. The fourth-order valence-corrected chi connectivity index (χ4v) is 3.65. The van der Waals surface area contributed by atoms with E-state index in [1.807, 2.05) is 13.1 Å². The van der Waals surface area contributed by atoms with Crippen molar-refractivity contribution >= 4 is 22.2 Å². The summed E-state index contributed by atoms with van der Waals surface area (Å²) in [6, 6.07) is 0. The molecule has 5 nitrogen and oxygen atoms in total. The van der Waals surface area contributed by atoms with Crippen LogP contribution in [0.15, 0.2) is 11.6 Å². The van der Waals surface area contributed by atoms with Crippen molar-refractivity contribution in [1.82, 2.24) is 14.3 Å². The predicted molar refractivity (Wildman–Crippen MR) is 77.9 cm³/mol. The van der Waals surface area contributed by atoms with Crippen LogP contribution in [-0.4, -0.2) is 44.5 Å². The van der Waals surface area contributed by atoms with Gasteiger partial charge in [0.25, 0.3) is 0 Å². The zero-order chi connectivity index (χ0) is 14.1. The Hall–Kier alpha value is -1.40. The SMILES string of the molecule is Cc1cn2c(CCC(=O)N3CCCC(O)C3)csc2n1. The van der Waals surface area contributed by atoms with Crippen molar-refractivity contribution in [2.24, 2.45) is 0 Å². The van der Waals surface area contributed by atoms with Crippen LogP contribution in [0.1, 0.15) is 30.7 Å². The van der Waals surface area contributed by atoms with Crippen LogP contribution in [0.3, 0.4) is 0 Å². The molecule has 0 aliphatic carbocycles. The fourth-order valence-electron chi connectivity index (χ4n) is 2.70. The maximum atomic E-state index is 12.2. The van der Waals surface area contributed by atoms with Gasteiger partial charge in [-0.15, -0.1) is 11.3 Å². The molecule has 0 spiro atoms. The molecule has 2 aromatic rings. The molecule has 0 saturated carbocycles. The van der Waals surface area contributed by atoms with Crippen LogP contribution < -0.4 is 0 Å². The summed E-state index contributed by atoms with van der Waals surface area (Å²) < 4.78 is 2.07. The number of hydrogen-bond donors (Lipinski definition) is 1. The molecule has 1 N–H and O–H groups in total. The Bertz CT molecular complexity index is 619. The molecular weight excluding hydrogens is 274 g/mol. The van der Waals surface area contributed by atoms with E-state index >= 15 is 0 Å². The van der Waals surface area contributed by atoms with Crippen LogP contribution in [0.2, 0.25) is 0 Å². The molecule has 1 fully saturated rings. The molecule has 6 heteroatoms. The number of amides is 1. The lowest BCUT2D eigenvalue weighted by Crippen LogP contribution is -2.42. The van der Waals surface area contributed by atoms with Gasteiger partial charge in [0.1, 0.15) is 0 Å². The Kier molecular flexibility index (Phi) is 3.76. The number of thiazole rings is 1. The van der Waals surface area contributed by atoms with Crippen LogP contribution >= 0.6 is 11.3 Å². The highest BCUT2D eigenvalue weighted by Crippen LogP contribution is 2.18. The number of likely N-dealkylation sites (tertiary alicyclic amines) is 1. The molecule has 0 bridgehead atoms. The van der Waals surface area contributed by atoms with E-state index < -0.39 is 0 Å². The number of carbonyl (C=O) groups is 1. The lowest BCUT2D eigenvalue weighted by Gasteiger charge is -2.30. The molecule has 20 heavy (non-hydrogen) atoms. The van der Waals surface area contributed by atoms with E-state index in [1.165, 1.54) is 0 Å². The molecule has 1 aliphatic rings. The van der Waals surface area contributed by atoms with Crippen molar-refractivity contribution in [1.29, 1.82) is 0 Å². The Balaban J connectivity index is 1.62. The Labute approximate surface area is 121 Å². The maximum absolute atomic E-state index is 12.2. The molecule has 1 amide bonds. The molecule has 1 atom stereocenters. The van der Waals surface area contributed by atoms with Crippen molar-refractivity contribution in [3.05, 3.63) is 23.0 Å². The van der Waals surface area contributed by atoms with Gasteiger partial charge in [-0.1, -0.05) is 0 Å². The van der Waals surface area contributed by atoms with Crippen molar-refractivity contribution in [2.75, 3.05) is 13.1 Å². The number of nitrogens with zero attached hydrogens (tertiary/aromatic N) is 3. The first-order valence-electron chi connectivity index (χ1n) is 7.01. The largest absolute Gasteiger partial charge is 0.391 e. The smallest absolute Gasteiger partial charge is 0.223 e. The van der Waals surface area contributed by atoms with Crippen molar-refractivity contribution in [3.63, 3.8) is 0 Å². The second-order valence-corrected chi connectivity index (χ2v) is 6.23. The molecule has 0 aromatic carbocycles. The second-order valence-electron chi connectivity index (χ2n) is 5.40. The van der Waals surface area contributed by atoms with Crippen molar-refractivity contribution < 1.29 is 9.90 Å². The number of carbonyl (C=O) groups excluding carboxylic acids is 1. The number of hydrogen-bond acceptors (Lipinski definition) is 4. The summed E-state index contributed by atoms with van der Waals surface area (Å²) in [6.45, 7) is 3.24. The highest BCUT2D eigenvalue weighted by atomic mass is 32.1. The van der Waals surface area contributed by atoms with Gasteiger partial charge in [-0.05, 0) is 26.2 Å². The molecule has 3 rings (SSSR count). The number of piperidine rings is 1. The third-order valence-electron chi connectivity index (χ3n) is 3.75. The van der Waals surface area contributed by atoms with E-state index in [0.717, 1.165) is 42.2 Å². The summed E-state index contributed by atoms with van der Waals surface area (Å²) in [7, 11) is 0. The van der Waals surface area contributed by atoms with Gasteiger partial charge in [-0.3, -0.25) is 9.20 Å². The maximum Gasteiger partial charge on any atom is 0.223 e. The highest BCUT2D eigenvalue weighted by Gasteiger charge is 2.22. The number of aryl methyl sites for hydroxylation is 2. The van der Waals surface area contributed by atoms with E-state index in [9.17, 15) is 9.90 Å². The first-order chi connectivity index (χ1) is 9.63. The minimum absolute atomic E-state index is 0.139. The first kappa shape index (κ1) is 13.6. The number of aromatic nitrogens is 2. The topological polar surface area (TPSA) is 57.8 Å². The molecule has 2 aromatic heterocycles. The summed E-state index contributed by atoms with van der Waals surface area (Å²) in [6.07, 6.45) is 4.59. The Morgan fingerprint density at radius 1 is 1.60 bits per heavy atom. The van der Waals surface area contributed by atoms with Gasteiger partial charge in [0.15, 0.2) is 4.96 Å². The van der Waals surface area contributed by atoms with Crippen LogP contribution in [0.4, 0.5) is 0 Å². The first-order valence-corrected chi connectivity index (χ1v) is 7.89. The Morgan fingerprint density at radius 3 is 3.25 bits per heavy atom. The molecule has 3 heterocycles. The van der Waals surface area contributed by atoms with Gasteiger partial charge in [-0.2, -0.15) is 0 Å². The minimum Gasteiger partial charge on any atom is -0.391 e. The minimum atomic E-state index is -0.350. The van der Waals surface area contributed by atoms with Gasteiger partial charge >= 0.3 is 0 Å². The third kappa shape index (κ3) is 2.71. The van der Waals surface area contributed by atoms with Crippen LogP contribution in [-0.2, 0) is 11.2 Å².